The third-order valence-corrected chi connectivity index (χ3v) is 5.07. The van der Waals surface area contributed by atoms with Gasteiger partial charge in [-0.25, -0.2) is 0 Å². The zero-order valence-electron chi connectivity index (χ0n) is 8.13. The van der Waals surface area contributed by atoms with E-state index >= 15 is 0 Å². The fourth-order valence-electron chi connectivity index (χ4n) is 1.23. The molecule has 2 nitrogen and oxygen atoms in total. The van der Waals surface area contributed by atoms with E-state index in [0.717, 1.165) is 0 Å². The zero-order chi connectivity index (χ0) is 9.72. The second-order valence-corrected chi connectivity index (χ2v) is 7.68. The summed E-state index contributed by atoms with van der Waals surface area (Å²) < 4.78 is 5.29. The molecule has 0 aromatic rings. The first-order chi connectivity index (χ1) is 5.49. The molecule has 0 unspecified atom stereocenters. The predicted octanol–water partition coefficient (Wildman–Crippen LogP) is 2.31. The lowest BCUT2D eigenvalue weighted by atomic mass is 10.5. The van der Waals surface area contributed by atoms with Gasteiger partial charge in [0.05, 0.1) is 0 Å². The quantitative estimate of drug-likeness (QED) is 0.524. The number of carbonyl (C=O) groups excluding carboxylic acids is 1. The van der Waals surface area contributed by atoms with Crippen LogP contribution in [0.15, 0.2) is 0 Å². The largest absolute Gasteiger partial charge is 0.521 e. The van der Waals surface area contributed by atoms with Gasteiger partial charge in [-0.05, 0) is 11.1 Å². The van der Waals surface area contributed by atoms with E-state index in [1.165, 1.54) is 0 Å². The summed E-state index contributed by atoms with van der Waals surface area (Å²) in [6, 6.07) is 0. The van der Waals surface area contributed by atoms with Crippen LogP contribution in [0.2, 0.25) is 11.1 Å². The number of carbonyl (C=O) groups is 1. The molecule has 0 aliphatic carbocycles. The highest BCUT2D eigenvalue weighted by atomic mass is 35.5. The molecule has 0 fully saturated rings. The minimum atomic E-state index is -1.39. The predicted molar refractivity (Wildman–Crippen MR) is 54.2 cm³/mol. The maximum atomic E-state index is 10.9. The van der Waals surface area contributed by atoms with Crippen LogP contribution in [-0.2, 0) is 9.22 Å². The number of halogens is 1. The first-order valence-electron chi connectivity index (χ1n) is 4.24. The molecule has 0 saturated heterocycles. The van der Waals surface area contributed by atoms with Crippen LogP contribution in [0.1, 0.15) is 27.7 Å². The van der Waals surface area contributed by atoms with Crippen LogP contribution >= 0.6 is 11.6 Å². The van der Waals surface area contributed by atoms with E-state index in [0.29, 0.717) is 11.1 Å². The van der Waals surface area contributed by atoms with Crippen molar-refractivity contribution in [3.05, 3.63) is 0 Å². The van der Waals surface area contributed by atoms with Crippen LogP contribution in [0, 0.1) is 0 Å². The van der Waals surface area contributed by atoms with Gasteiger partial charge in [0, 0.05) is 0 Å². The molecular formula is C8H17ClO2Si. The highest BCUT2D eigenvalue weighted by Gasteiger charge is 2.24. The Hall–Kier alpha value is -0.0231. The SMILES string of the molecule is CC(C)[SiH](OC(=O)CCl)C(C)C. The van der Waals surface area contributed by atoms with Crippen LogP contribution in [0.25, 0.3) is 0 Å². The Kier molecular flexibility index (Phi) is 5.58. The number of rotatable bonds is 4. The van der Waals surface area contributed by atoms with Gasteiger partial charge in [0.15, 0.2) is 0 Å². The lowest BCUT2D eigenvalue weighted by molar-refractivity contribution is -0.132. The van der Waals surface area contributed by atoms with E-state index in [1.54, 1.807) is 0 Å². The molecule has 0 rings (SSSR count). The summed E-state index contributed by atoms with van der Waals surface area (Å²) in [5.74, 6) is -0.293. The van der Waals surface area contributed by atoms with E-state index in [4.69, 9.17) is 16.0 Å². The first-order valence-corrected chi connectivity index (χ1v) is 6.58. The second-order valence-electron chi connectivity index (χ2n) is 3.58. The molecule has 0 N–H and O–H groups in total. The van der Waals surface area contributed by atoms with E-state index < -0.39 is 9.04 Å². The second kappa shape index (κ2) is 5.59. The molecular weight excluding hydrogens is 192 g/mol. The van der Waals surface area contributed by atoms with Crippen molar-refractivity contribution in [1.82, 2.24) is 0 Å². The fourth-order valence-corrected chi connectivity index (χ4v) is 3.86. The van der Waals surface area contributed by atoms with Gasteiger partial charge in [0.1, 0.15) is 5.88 Å². The summed E-state index contributed by atoms with van der Waals surface area (Å²) in [5, 5.41) is 0. The van der Waals surface area contributed by atoms with Gasteiger partial charge in [-0.2, -0.15) is 0 Å². The molecule has 72 valence electrons. The van der Waals surface area contributed by atoms with Gasteiger partial charge < -0.3 is 4.43 Å². The van der Waals surface area contributed by atoms with Crippen LogP contribution in [0.4, 0.5) is 0 Å². The first kappa shape index (κ1) is 12.0. The third kappa shape index (κ3) is 4.12. The van der Waals surface area contributed by atoms with Gasteiger partial charge >= 0.3 is 5.97 Å². The van der Waals surface area contributed by atoms with E-state index in [-0.39, 0.29) is 11.8 Å². The fraction of sp³-hybridized carbons (Fsp3) is 0.875. The Morgan fingerprint density at radius 3 is 2.00 bits per heavy atom. The molecule has 0 atom stereocenters. The average Bonchev–Trinajstić information content (AvgIpc) is 1.98. The topological polar surface area (TPSA) is 26.3 Å². The molecule has 0 radical (unpaired) electrons. The van der Waals surface area contributed by atoms with E-state index in [9.17, 15) is 4.79 Å². The van der Waals surface area contributed by atoms with Gasteiger partial charge in [-0.3, -0.25) is 4.79 Å². The van der Waals surface area contributed by atoms with Crippen molar-refractivity contribution in [2.75, 3.05) is 5.88 Å². The molecule has 0 aromatic heterocycles. The van der Waals surface area contributed by atoms with Gasteiger partial charge in [-0.15, -0.1) is 11.6 Å². The molecule has 12 heavy (non-hydrogen) atoms. The summed E-state index contributed by atoms with van der Waals surface area (Å²) in [6.07, 6.45) is 0. The van der Waals surface area contributed by atoms with Gasteiger partial charge in [0.2, 0.25) is 9.04 Å². The smallest absolute Gasteiger partial charge is 0.307 e. The normalized spacial score (nSPS) is 11.3. The minimum absolute atomic E-state index is 0.0249. The van der Waals surface area contributed by atoms with Gasteiger partial charge in [-0.1, -0.05) is 27.7 Å². The van der Waals surface area contributed by atoms with Crippen LogP contribution in [-0.4, -0.2) is 20.9 Å². The number of alkyl halides is 1. The van der Waals surface area contributed by atoms with Crippen LogP contribution in [0.5, 0.6) is 0 Å². The number of hydrogen-bond acceptors (Lipinski definition) is 2. The average molecular weight is 209 g/mol. The summed E-state index contributed by atoms with van der Waals surface area (Å²) in [5.41, 5.74) is 0.967. The van der Waals surface area contributed by atoms with Gasteiger partial charge in [0.25, 0.3) is 0 Å². The van der Waals surface area contributed by atoms with Crippen LogP contribution in [0.3, 0.4) is 0 Å². The maximum absolute atomic E-state index is 10.9. The molecule has 0 amide bonds. The summed E-state index contributed by atoms with van der Waals surface area (Å²) in [4.78, 5) is 10.9. The van der Waals surface area contributed by atoms with Crippen molar-refractivity contribution in [3.63, 3.8) is 0 Å². The molecule has 0 aromatic carbocycles. The van der Waals surface area contributed by atoms with E-state index in [1.807, 2.05) is 0 Å². The molecule has 0 aliphatic rings. The Bertz CT molecular complexity index is 140. The lowest BCUT2D eigenvalue weighted by Gasteiger charge is -2.22. The highest BCUT2D eigenvalue weighted by Crippen LogP contribution is 2.20. The highest BCUT2D eigenvalue weighted by molar-refractivity contribution is 6.57. The van der Waals surface area contributed by atoms with Crippen molar-refractivity contribution in [2.24, 2.45) is 0 Å². The molecule has 4 heteroatoms. The minimum Gasteiger partial charge on any atom is -0.521 e. The Morgan fingerprint density at radius 2 is 1.75 bits per heavy atom. The zero-order valence-corrected chi connectivity index (χ0v) is 10.0. The molecule has 0 aliphatic heterocycles. The van der Waals surface area contributed by atoms with Crippen molar-refractivity contribution >= 4 is 26.6 Å². The Morgan fingerprint density at radius 1 is 1.33 bits per heavy atom. The molecule has 0 spiro atoms. The van der Waals surface area contributed by atoms with Crippen molar-refractivity contribution in [3.8, 4) is 0 Å². The Labute approximate surface area is 81.0 Å². The van der Waals surface area contributed by atoms with Crippen LogP contribution < -0.4 is 0 Å². The van der Waals surface area contributed by atoms with Crippen molar-refractivity contribution < 1.29 is 9.22 Å². The van der Waals surface area contributed by atoms with Crippen molar-refractivity contribution in [2.45, 2.75) is 38.8 Å². The third-order valence-electron chi connectivity index (χ3n) is 1.69. The molecule has 0 heterocycles. The van der Waals surface area contributed by atoms with E-state index in [2.05, 4.69) is 27.7 Å². The Balaban J connectivity index is 4.05. The maximum Gasteiger partial charge on any atom is 0.307 e. The monoisotopic (exact) mass is 208 g/mol. The number of hydrogen-bond donors (Lipinski definition) is 0. The summed E-state index contributed by atoms with van der Waals surface area (Å²) >= 11 is 5.35. The lowest BCUT2D eigenvalue weighted by Crippen LogP contribution is -2.29. The van der Waals surface area contributed by atoms with Crippen molar-refractivity contribution in [1.29, 1.82) is 0 Å². The summed E-state index contributed by atoms with van der Waals surface area (Å²) in [7, 11) is -1.39. The standard InChI is InChI=1S/C8H17ClO2Si/c1-6(2)12(7(3)4)11-8(10)5-9/h6-7,12H,5H2,1-4H3. The molecule has 0 saturated carbocycles. The molecule has 0 bridgehead atoms. The summed E-state index contributed by atoms with van der Waals surface area (Å²) in [6.45, 7) is 8.38.